The second kappa shape index (κ2) is 8.02. The van der Waals surface area contributed by atoms with Gasteiger partial charge in [0.15, 0.2) is 5.78 Å². The van der Waals surface area contributed by atoms with Crippen LogP contribution in [0.1, 0.15) is 44.1 Å². The van der Waals surface area contributed by atoms with Crippen LogP contribution in [0.5, 0.6) is 5.88 Å². The van der Waals surface area contributed by atoms with Gasteiger partial charge >= 0.3 is 12.3 Å². The van der Waals surface area contributed by atoms with Crippen molar-refractivity contribution in [2.75, 3.05) is 13.1 Å². The maximum atomic E-state index is 12.9. The van der Waals surface area contributed by atoms with Gasteiger partial charge in [0.2, 0.25) is 5.88 Å². The van der Waals surface area contributed by atoms with Crippen LogP contribution in [0.15, 0.2) is 31.0 Å². The monoisotopic (exact) mass is 464 g/mol. The first-order chi connectivity index (χ1) is 15.7. The first-order valence-electron chi connectivity index (χ1n) is 11.5. The molecule has 4 bridgehead atoms. The summed E-state index contributed by atoms with van der Waals surface area (Å²) in [6.07, 6.45) is 1.81. The number of carbonyl (C=O) groups excluding carboxylic acids is 2. The molecule has 2 heterocycles. The number of amides is 1. The Morgan fingerprint density at radius 2 is 1.91 bits per heavy atom. The second-order valence-electron chi connectivity index (χ2n) is 10.0. The minimum atomic E-state index is -4.45. The first kappa shape index (κ1) is 22.2. The Labute approximate surface area is 190 Å². The molecule has 1 aromatic rings. The number of ketones is 1. The van der Waals surface area contributed by atoms with E-state index in [4.69, 9.17) is 9.47 Å². The summed E-state index contributed by atoms with van der Waals surface area (Å²) in [5.74, 6) is 1.15. The predicted molar refractivity (Wildman–Crippen MR) is 111 cm³/mol. The van der Waals surface area contributed by atoms with Gasteiger partial charge in [-0.2, -0.15) is 13.2 Å². The molecule has 0 aromatic carbocycles. The second-order valence-corrected chi connectivity index (χ2v) is 10.0. The molecule has 0 N–H and O–H groups in total. The van der Waals surface area contributed by atoms with E-state index >= 15 is 0 Å². The van der Waals surface area contributed by atoms with Gasteiger partial charge in [-0.1, -0.05) is 6.58 Å². The molecule has 0 radical (unpaired) electrons. The summed E-state index contributed by atoms with van der Waals surface area (Å²) in [6.45, 7) is 4.43. The lowest BCUT2D eigenvalue weighted by Gasteiger charge is -2.58. The number of likely N-dealkylation sites (tertiary alicyclic amines) is 1. The van der Waals surface area contributed by atoms with Crippen molar-refractivity contribution in [1.82, 2.24) is 9.88 Å². The number of hydrogen-bond acceptors (Lipinski definition) is 5. The smallest absolute Gasteiger partial charge is 0.417 e. The predicted octanol–water partition coefficient (Wildman–Crippen LogP) is 4.64. The highest BCUT2D eigenvalue weighted by Crippen LogP contribution is 2.61. The maximum Gasteiger partial charge on any atom is 0.417 e. The van der Waals surface area contributed by atoms with Crippen molar-refractivity contribution >= 4 is 11.9 Å². The third kappa shape index (κ3) is 4.10. The van der Waals surface area contributed by atoms with Crippen molar-refractivity contribution in [2.45, 2.75) is 56.9 Å². The van der Waals surface area contributed by atoms with Crippen LogP contribution in [0.25, 0.3) is 0 Å². The lowest BCUT2D eigenvalue weighted by atomic mass is 9.47. The SMILES string of the molecule is C=CC(=O)C12CC3CC(C1)C(OC(=O)N1CCC(Oc4ccc(C(F)(F)F)cn4)C1)C(C3)C2. The highest BCUT2D eigenvalue weighted by molar-refractivity contribution is 5.94. The number of aromatic nitrogens is 1. The number of halogens is 3. The van der Waals surface area contributed by atoms with Gasteiger partial charge < -0.3 is 14.4 Å². The lowest BCUT2D eigenvalue weighted by Crippen LogP contribution is -2.57. The molecule has 0 spiro atoms. The van der Waals surface area contributed by atoms with E-state index < -0.39 is 11.7 Å². The summed E-state index contributed by atoms with van der Waals surface area (Å²) in [7, 11) is 0. The zero-order chi connectivity index (χ0) is 23.4. The molecule has 4 saturated carbocycles. The maximum absolute atomic E-state index is 12.9. The Morgan fingerprint density at radius 1 is 1.18 bits per heavy atom. The van der Waals surface area contributed by atoms with E-state index in [1.165, 1.54) is 12.1 Å². The Morgan fingerprint density at radius 3 is 2.52 bits per heavy atom. The van der Waals surface area contributed by atoms with Crippen LogP contribution in [-0.4, -0.2) is 47.1 Å². The number of rotatable bonds is 5. The van der Waals surface area contributed by atoms with Crippen LogP contribution >= 0.6 is 0 Å². The molecule has 1 amide bonds. The molecule has 4 aliphatic carbocycles. The minimum absolute atomic E-state index is 0.0986. The minimum Gasteiger partial charge on any atom is -0.472 e. The number of alkyl halides is 3. The van der Waals surface area contributed by atoms with Crippen molar-refractivity contribution in [2.24, 2.45) is 23.2 Å². The van der Waals surface area contributed by atoms with E-state index in [1.807, 2.05) is 0 Å². The molecule has 1 aromatic heterocycles. The lowest BCUT2D eigenvalue weighted by molar-refractivity contribution is -0.158. The summed E-state index contributed by atoms with van der Waals surface area (Å²) in [5, 5.41) is 0. The van der Waals surface area contributed by atoms with Gasteiger partial charge in [0.05, 0.1) is 12.1 Å². The largest absolute Gasteiger partial charge is 0.472 e. The van der Waals surface area contributed by atoms with Crippen molar-refractivity contribution < 1.29 is 32.2 Å². The van der Waals surface area contributed by atoms with Crippen LogP contribution in [0.2, 0.25) is 0 Å². The topological polar surface area (TPSA) is 68.7 Å². The fraction of sp³-hybridized carbons (Fsp3) is 0.625. The average molecular weight is 464 g/mol. The van der Waals surface area contributed by atoms with E-state index in [0.29, 0.717) is 25.4 Å². The summed E-state index contributed by atoms with van der Waals surface area (Å²) in [6, 6.07) is 2.12. The highest BCUT2D eigenvalue weighted by atomic mass is 19.4. The van der Waals surface area contributed by atoms with Crippen LogP contribution in [-0.2, 0) is 15.7 Å². The first-order valence-corrected chi connectivity index (χ1v) is 11.5. The van der Waals surface area contributed by atoms with Crippen LogP contribution in [0, 0.1) is 23.2 Å². The van der Waals surface area contributed by atoms with Crippen LogP contribution < -0.4 is 4.74 Å². The molecule has 6 nitrogen and oxygen atoms in total. The molecule has 3 unspecified atom stereocenters. The molecule has 3 atom stereocenters. The number of nitrogens with zero attached hydrogens (tertiary/aromatic N) is 2. The molecule has 33 heavy (non-hydrogen) atoms. The van der Waals surface area contributed by atoms with Gasteiger partial charge in [0.25, 0.3) is 0 Å². The van der Waals surface area contributed by atoms with Gasteiger partial charge in [-0.3, -0.25) is 4.79 Å². The Bertz CT molecular complexity index is 932. The summed E-state index contributed by atoms with van der Waals surface area (Å²) in [4.78, 5) is 30.8. The van der Waals surface area contributed by atoms with Gasteiger partial charge in [-0.05, 0) is 62.0 Å². The van der Waals surface area contributed by atoms with Gasteiger partial charge in [0, 0.05) is 30.6 Å². The standard InChI is InChI=1S/C24H27F3N2O4/c1-2-19(30)23-9-14-7-15(10-23)21(16(8-14)11-23)33-22(31)29-6-5-18(13-29)32-20-4-3-17(12-28-20)24(25,26)27/h2-4,12,14-16,18,21H,1,5-11,13H2. The molecule has 6 rings (SSSR count). The third-order valence-corrected chi connectivity index (χ3v) is 7.89. The molecule has 5 aliphatic rings. The molecule has 5 fully saturated rings. The van der Waals surface area contributed by atoms with E-state index in [-0.39, 0.29) is 47.2 Å². The van der Waals surface area contributed by atoms with Crippen molar-refractivity contribution in [3.8, 4) is 5.88 Å². The van der Waals surface area contributed by atoms with Gasteiger partial charge in [-0.15, -0.1) is 0 Å². The number of carbonyl (C=O) groups is 2. The third-order valence-electron chi connectivity index (χ3n) is 7.89. The Hall–Kier alpha value is -2.58. The van der Waals surface area contributed by atoms with Crippen molar-refractivity contribution in [1.29, 1.82) is 0 Å². The van der Waals surface area contributed by atoms with E-state index in [2.05, 4.69) is 11.6 Å². The summed E-state index contributed by atoms with van der Waals surface area (Å²) in [5.41, 5.74) is -1.15. The summed E-state index contributed by atoms with van der Waals surface area (Å²) < 4.78 is 49.7. The molecule has 1 saturated heterocycles. The number of pyridine rings is 1. The quantitative estimate of drug-likeness (QED) is 0.594. The summed E-state index contributed by atoms with van der Waals surface area (Å²) >= 11 is 0. The van der Waals surface area contributed by atoms with Crippen molar-refractivity contribution in [3.63, 3.8) is 0 Å². The molecule has 178 valence electrons. The molecular weight excluding hydrogens is 437 g/mol. The van der Waals surface area contributed by atoms with E-state index in [9.17, 15) is 22.8 Å². The van der Waals surface area contributed by atoms with Crippen molar-refractivity contribution in [3.05, 3.63) is 36.5 Å². The van der Waals surface area contributed by atoms with E-state index in [1.54, 1.807) is 4.90 Å². The van der Waals surface area contributed by atoms with Crippen LogP contribution in [0.4, 0.5) is 18.0 Å². The molecule has 9 heteroatoms. The van der Waals surface area contributed by atoms with Crippen LogP contribution in [0.3, 0.4) is 0 Å². The Kier molecular flexibility index (Phi) is 5.40. The number of allylic oxidation sites excluding steroid dienone is 1. The Balaban J connectivity index is 1.17. The van der Waals surface area contributed by atoms with Gasteiger partial charge in [-0.25, -0.2) is 9.78 Å². The highest BCUT2D eigenvalue weighted by Gasteiger charge is 2.59. The number of ether oxygens (including phenoxy) is 2. The fourth-order valence-electron chi connectivity index (χ4n) is 6.66. The molecule has 1 aliphatic heterocycles. The normalized spacial score (nSPS) is 34.9. The van der Waals surface area contributed by atoms with Gasteiger partial charge in [0.1, 0.15) is 12.2 Å². The zero-order valence-corrected chi connectivity index (χ0v) is 18.2. The van der Waals surface area contributed by atoms with E-state index in [0.717, 1.165) is 44.4 Å². The fourth-order valence-corrected chi connectivity index (χ4v) is 6.66. The zero-order valence-electron chi connectivity index (χ0n) is 18.2. The average Bonchev–Trinajstić information content (AvgIpc) is 3.23. The molecular formula is C24H27F3N2O4. The number of hydrogen-bond donors (Lipinski definition) is 0.